The van der Waals surface area contributed by atoms with Gasteiger partial charge in [0, 0.05) is 38.4 Å². The number of aryl methyl sites for hydroxylation is 1. The van der Waals surface area contributed by atoms with Gasteiger partial charge in [-0.05, 0) is 34.8 Å². The van der Waals surface area contributed by atoms with Crippen molar-refractivity contribution in [2.75, 3.05) is 18.6 Å². The van der Waals surface area contributed by atoms with Gasteiger partial charge >= 0.3 is 12.1 Å². The van der Waals surface area contributed by atoms with Crippen molar-refractivity contribution in [2.24, 2.45) is 10.2 Å². The maximum absolute atomic E-state index is 10.6. The number of carboxylic acid groups (broad SMARTS) is 1. The van der Waals surface area contributed by atoms with Crippen LogP contribution in [0.5, 0.6) is 0 Å². The summed E-state index contributed by atoms with van der Waals surface area (Å²) in [5, 5.41) is 35.6. The van der Waals surface area contributed by atoms with E-state index >= 15 is 0 Å². The summed E-state index contributed by atoms with van der Waals surface area (Å²) < 4.78 is 39.2. The minimum absolute atomic E-state index is 0.279. The smallest absolute Gasteiger partial charge is 0.475 e. The van der Waals surface area contributed by atoms with Gasteiger partial charge in [0.05, 0.1) is 5.69 Å². The summed E-state index contributed by atoms with van der Waals surface area (Å²) in [7, 11) is 0. The van der Waals surface area contributed by atoms with Crippen molar-refractivity contribution in [2.45, 2.75) is 69.9 Å². The van der Waals surface area contributed by atoms with Gasteiger partial charge in [0.2, 0.25) is 0 Å². The van der Waals surface area contributed by atoms with Crippen molar-refractivity contribution in [3.63, 3.8) is 0 Å². The maximum Gasteiger partial charge on any atom is 0.490 e. The molecule has 0 amide bonds. The Kier molecular flexibility index (Phi) is 10.8. The van der Waals surface area contributed by atoms with Crippen LogP contribution >= 0.6 is 11.8 Å². The van der Waals surface area contributed by atoms with E-state index in [9.17, 15) is 13.2 Å². The maximum atomic E-state index is 10.6. The summed E-state index contributed by atoms with van der Waals surface area (Å²) in [6.45, 7) is 5.60. The van der Waals surface area contributed by atoms with Gasteiger partial charge in [0.25, 0.3) is 0 Å². The predicted molar refractivity (Wildman–Crippen MR) is 125 cm³/mol. The number of terminal acetylenes is 1. The second-order valence-electron chi connectivity index (χ2n) is 8.24. The van der Waals surface area contributed by atoms with Gasteiger partial charge < -0.3 is 14.9 Å². The Hall–Kier alpha value is -2.99. The zero-order valence-corrected chi connectivity index (χ0v) is 21.0. The topological polar surface area (TPSA) is 144 Å². The van der Waals surface area contributed by atoms with E-state index in [1.54, 1.807) is 0 Å². The van der Waals surface area contributed by atoms with E-state index in [-0.39, 0.29) is 17.6 Å². The fourth-order valence-electron chi connectivity index (χ4n) is 3.05. The summed E-state index contributed by atoms with van der Waals surface area (Å²) >= 11 is 1.81. The Morgan fingerprint density at radius 1 is 1.36 bits per heavy atom. The number of aromatic nitrogens is 5. The number of carboxylic acids is 1. The van der Waals surface area contributed by atoms with Gasteiger partial charge in [-0.1, -0.05) is 19.0 Å². The third-order valence-corrected chi connectivity index (χ3v) is 5.82. The van der Waals surface area contributed by atoms with E-state index in [1.807, 2.05) is 22.5 Å². The summed E-state index contributed by atoms with van der Waals surface area (Å²) in [6.07, 6.45) is 5.60. The van der Waals surface area contributed by atoms with Crippen molar-refractivity contribution in [1.29, 1.82) is 0 Å². The monoisotopic (exact) mass is 530 g/mol. The molecule has 1 aliphatic heterocycles. The molecule has 3 heterocycles. The first-order valence-electron chi connectivity index (χ1n) is 11.2. The number of nitrogens with zero attached hydrogens (tertiary/aromatic N) is 7. The number of hydrogen-bond donors (Lipinski definition) is 2. The Balaban J connectivity index is 0.000000572. The summed E-state index contributed by atoms with van der Waals surface area (Å²) in [5.74, 6) is 2.66. The first-order valence-corrected chi connectivity index (χ1v) is 12.5. The molecule has 1 atom stereocenters. The quantitative estimate of drug-likeness (QED) is 0.292. The van der Waals surface area contributed by atoms with Crippen molar-refractivity contribution in [1.82, 2.24) is 30.7 Å². The number of hydrogen-bond acceptors (Lipinski definition) is 10. The van der Waals surface area contributed by atoms with E-state index in [0.29, 0.717) is 18.7 Å². The zero-order valence-electron chi connectivity index (χ0n) is 20.2. The van der Waals surface area contributed by atoms with Gasteiger partial charge in [0.1, 0.15) is 6.04 Å². The molecular formula is C21H29F3N8O3S. The third kappa shape index (κ3) is 8.90. The van der Waals surface area contributed by atoms with Gasteiger partial charge in [-0.15, -0.1) is 17.4 Å². The first kappa shape index (κ1) is 29.2. The highest BCUT2D eigenvalue weighted by Crippen LogP contribution is 2.36. The standard InChI is InChI=1S/C19H28N8OS.C2HF3O2/c1-5-6-8-19(23-24-19)9-10-20-17(16-13-15(14(2)3)22-28-16)18-21-25-26-27(18)11-7-12-29-4;3-2(4,5)1(6)7/h1,13-14,17,20H,6-12H2,2-4H3;(H,6,7). The Morgan fingerprint density at radius 2 is 2.06 bits per heavy atom. The van der Waals surface area contributed by atoms with Crippen LogP contribution in [0.3, 0.4) is 0 Å². The molecule has 11 nitrogen and oxygen atoms in total. The fraction of sp³-hybridized carbons (Fsp3) is 0.667. The van der Waals surface area contributed by atoms with Crippen LogP contribution in [0.15, 0.2) is 20.8 Å². The molecule has 36 heavy (non-hydrogen) atoms. The number of alkyl halides is 3. The summed E-state index contributed by atoms with van der Waals surface area (Å²) in [6, 6.07) is 1.69. The molecule has 0 spiro atoms. The highest BCUT2D eigenvalue weighted by molar-refractivity contribution is 7.98. The lowest BCUT2D eigenvalue weighted by molar-refractivity contribution is -0.192. The molecule has 0 radical (unpaired) electrons. The van der Waals surface area contributed by atoms with E-state index in [4.69, 9.17) is 20.8 Å². The molecule has 2 N–H and O–H groups in total. The lowest BCUT2D eigenvalue weighted by Crippen LogP contribution is -2.29. The van der Waals surface area contributed by atoms with Crippen LogP contribution in [0.2, 0.25) is 0 Å². The lowest BCUT2D eigenvalue weighted by atomic mass is 10.0. The second kappa shape index (κ2) is 13.4. The third-order valence-electron chi connectivity index (χ3n) is 5.13. The number of thioether (sulfide) groups is 1. The van der Waals surface area contributed by atoms with E-state index in [0.717, 1.165) is 43.1 Å². The van der Waals surface area contributed by atoms with E-state index < -0.39 is 12.1 Å². The van der Waals surface area contributed by atoms with Crippen LogP contribution in [0.4, 0.5) is 13.2 Å². The van der Waals surface area contributed by atoms with Gasteiger partial charge in [-0.25, -0.2) is 9.48 Å². The number of rotatable bonds is 13. The van der Waals surface area contributed by atoms with Gasteiger partial charge in [-0.3, -0.25) is 0 Å². The number of halogens is 3. The van der Waals surface area contributed by atoms with E-state index in [2.05, 4.69) is 62.3 Å². The number of carbonyl (C=O) groups is 1. The highest BCUT2D eigenvalue weighted by Gasteiger charge is 2.39. The zero-order chi connectivity index (χ0) is 26.8. The Morgan fingerprint density at radius 3 is 2.58 bits per heavy atom. The van der Waals surface area contributed by atoms with Crippen LogP contribution in [-0.4, -0.2) is 66.8 Å². The molecule has 0 fully saturated rings. The molecule has 0 saturated carbocycles. The predicted octanol–water partition coefficient (Wildman–Crippen LogP) is 3.82. The SMILES string of the molecule is C#CCCC1(CCNC(c2cc(C(C)C)no2)c2nnnn2CCCSC)N=N1.O=C(O)C(F)(F)F. The molecule has 2 aromatic rings. The number of nitrogens with one attached hydrogen (secondary N) is 1. The Labute approximate surface area is 210 Å². The molecule has 198 valence electrons. The highest BCUT2D eigenvalue weighted by atomic mass is 32.2. The second-order valence-corrected chi connectivity index (χ2v) is 9.23. The average Bonchev–Trinajstić information content (AvgIpc) is 3.20. The minimum Gasteiger partial charge on any atom is -0.475 e. The van der Waals surface area contributed by atoms with Crippen molar-refractivity contribution < 1.29 is 27.6 Å². The van der Waals surface area contributed by atoms with Crippen molar-refractivity contribution >= 4 is 17.7 Å². The average molecular weight is 531 g/mol. The van der Waals surface area contributed by atoms with Gasteiger partial charge in [-0.2, -0.15) is 35.2 Å². The van der Waals surface area contributed by atoms with Gasteiger partial charge in [0.15, 0.2) is 17.2 Å². The molecule has 3 rings (SSSR count). The van der Waals surface area contributed by atoms with E-state index in [1.165, 1.54) is 0 Å². The van der Waals surface area contributed by atoms with Crippen LogP contribution in [-0.2, 0) is 11.3 Å². The molecule has 2 aromatic heterocycles. The first-order chi connectivity index (χ1) is 17.0. The fourth-order valence-corrected chi connectivity index (χ4v) is 3.47. The molecule has 1 unspecified atom stereocenters. The largest absolute Gasteiger partial charge is 0.490 e. The number of tetrazole rings is 1. The minimum atomic E-state index is -5.08. The molecule has 15 heteroatoms. The Bertz CT molecular complexity index is 1040. The van der Waals surface area contributed by atoms with Crippen LogP contribution in [0, 0.1) is 12.3 Å². The van der Waals surface area contributed by atoms with Crippen LogP contribution in [0.1, 0.15) is 68.8 Å². The summed E-state index contributed by atoms with van der Waals surface area (Å²) in [4.78, 5) is 8.90. The molecular weight excluding hydrogens is 501 g/mol. The molecule has 0 bridgehead atoms. The van der Waals surface area contributed by atoms with Crippen LogP contribution in [0.25, 0.3) is 0 Å². The molecule has 0 aromatic carbocycles. The normalized spacial score (nSPS) is 14.7. The van der Waals surface area contributed by atoms with Crippen molar-refractivity contribution in [3.05, 3.63) is 23.3 Å². The van der Waals surface area contributed by atoms with Crippen LogP contribution < -0.4 is 5.32 Å². The molecule has 1 aliphatic rings. The summed E-state index contributed by atoms with van der Waals surface area (Å²) in [5.41, 5.74) is 0.574. The van der Waals surface area contributed by atoms with Crippen molar-refractivity contribution in [3.8, 4) is 12.3 Å². The lowest BCUT2D eigenvalue weighted by Gasteiger charge is -2.17. The molecule has 0 saturated heterocycles. The number of aliphatic carboxylic acids is 1. The molecule has 0 aliphatic carbocycles.